The van der Waals surface area contributed by atoms with Crippen LogP contribution in [0.25, 0.3) is 6.08 Å². The van der Waals surface area contributed by atoms with Crippen LogP contribution >= 0.6 is 0 Å². The number of nitrogens with zero attached hydrogens (tertiary/aromatic N) is 2. The average molecular weight is 254 g/mol. The Morgan fingerprint density at radius 3 is 2.67 bits per heavy atom. The third-order valence-corrected chi connectivity index (χ3v) is 1.95. The number of nitro groups is 1. The van der Waals surface area contributed by atoms with Crippen LogP contribution in [0, 0.1) is 10.1 Å². The molecule has 1 aromatic rings. The standard InChI is InChI=1S/C10H10N2O6/c1-17-9-4-3-7(12(15)16)6(11-9)5-8(13)10(14)18-2/h3-5,13H,1-2H3/b8-5-. The van der Waals surface area contributed by atoms with Crippen LogP contribution in [0.1, 0.15) is 5.69 Å². The Labute approximate surface area is 102 Å². The predicted molar refractivity (Wildman–Crippen MR) is 60.1 cm³/mol. The third-order valence-electron chi connectivity index (χ3n) is 1.95. The number of aliphatic hydroxyl groups excluding tert-OH is 1. The summed E-state index contributed by atoms with van der Waals surface area (Å²) in [5, 5.41) is 20.1. The number of carbonyl (C=O) groups excluding carboxylic acids is 1. The Morgan fingerprint density at radius 1 is 1.50 bits per heavy atom. The van der Waals surface area contributed by atoms with Gasteiger partial charge in [0.25, 0.3) is 5.69 Å². The molecule has 0 saturated carbocycles. The lowest BCUT2D eigenvalue weighted by Gasteiger charge is -2.02. The molecule has 1 N–H and O–H groups in total. The molecule has 96 valence electrons. The van der Waals surface area contributed by atoms with Gasteiger partial charge < -0.3 is 14.6 Å². The highest BCUT2D eigenvalue weighted by molar-refractivity contribution is 5.91. The lowest BCUT2D eigenvalue weighted by Crippen LogP contribution is -2.05. The van der Waals surface area contributed by atoms with E-state index in [1.165, 1.54) is 13.2 Å². The van der Waals surface area contributed by atoms with Crippen molar-refractivity contribution in [1.29, 1.82) is 0 Å². The highest BCUT2D eigenvalue weighted by Gasteiger charge is 2.17. The predicted octanol–water partition coefficient (Wildman–Crippen LogP) is 1.07. The molecule has 0 aromatic carbocycles. The Morgan fingerprint density at radius 2 is 2.17 bits per heavy atom. The van der Waals surface area contributed by atoms with Crippen LogP contribution in [0.2, 0.25) is 0 Å². The fourth-order valence-electron chi connectivity index (χ4n) is 1.12. The number of hydrogen-bond acceptors (Lipinski definition) is 7. The van der Waals surface area contributed by atoms with E-state index in [1.54, 1.807) is 0 Å². The summed E-state index contributed by atoms with van der Waals surface area (Å²) < 4.78 is 9.05. The van der Waals surface area contributed by atoms with Crippen LogP contribution < -0.4 is 4.74 Å². The number of aromatic nitrogens is 1. The molecule has 0 aliphatic carbocycles. The minimum atomic E-state index is -1.02. The van der Waals surface area contributed by atoms with E-state index in [9.17, 15) is 20.0 Å². The first-order valence-corrected chi connectivity index (χ1v) is 4.68. The van der Waals surface area contributed by atoms with Gasteiger partial charge in [-0.1, -0.05) is 0 Å². The maximum atomic E-state index is 11.0. The van der Waals surface area contributed by atoms with Crippen LogP contribution in [0.15, 0.2) is 17.9 Å². The lowest BCUT2D eigenvalue weighted by molar-refractivity contribution is -0.385. The Kier molecular flexibility index (Phi) is 4.19. The van der Waals surface area contributed by atoms with Crippen molar-refractivity contribution in [3.8, 4) is 5.88 Å². The number of hydrogen-bond donors (Lipinski definition) is 1. The van der Waals surface area contributed by atoms with E-state index in [2.05, 4.69) is 9.72 Å². The first-order valence-electron chi connectivity index (χ1n) is 4.68. The van der Waals surface area contributed by atoms with Gasteiger partial charge in [0.2, 0.25) is 11.6 Å². The second-order valence-electron chi connectivity index (χ2n) is 3.04. The summed E-state index contributed by atoms with van der Waals surface area (Å²) in [6, 6.07) is 2.45. The molecule has 8 heteroatoms. The van der Waals surface area contributed by atoms with Gasteiger partial charge in [-0.15, -0.1) is 0 Å². The first kappa shape index (κ1) is 13.4. The third kappa shape index (κ3) is 2.94. The van der Waals surface area contributed by atoms with E-state index in [-0.39, 0.29) is 17.3 Å². The molecule has 0 spiro atoms. The van der Waals surface area contributed by atoms with Gasteiger partial charge in [-0.25, -0.2) is 9.78 Å². The highest BCUT2D eigenvalue weighted by Crippen LogP contribution is 2.22. The SMILES string of the molecule is COC(=O)/C(O)=C/c1nc(OC)ccc1[N+](=O)[O-]. The topological polar surface area (TPSA) is 112 Å². The number of ether oxygens (including phenoxy) is 2. The van der Waals surface area contributed by atoms with E-state index in [0.29, 0.717) is 0 Å². The van der Waals surface area contributed by atoms with Gasteiger partial charge in [0, 0.05) is 18.2 Å². The molecule has 0 unspecified atom stereocenters. The number of carbonyl (C=O) groups is 1. The summed E-state index contributed by atoms with van der Waals surface area (Å²) in [7, 11) is 2.40. The largest absolute Gasteiger partial charge is 0.502 e. The second-order valence-corrected chi connectivity index (χ2v) is 3.04. The molecule has 1 heterocycles. The van der Waals surface area contributed by atoms with Crippen LogP contribution in [0.3, 0.4) is 0 Å². The first-order chi connectivity index (χ1) is 8.49. The molecular formula is C10H10N2O6. The number of methoxy groups -OCH3 is 2. The van der Waals surface area contributed by atoms with Crippen molar-refractivity contribution in [3.05, 3.63) is 33.7 Å². The molecule has 1 rings (SSSR count). The fourth-order valence-corrected chi connectivity index (χ4v) is 1.12. The minimum Gasteiger partial charge on any atom is -0.502 e. The van der Waals surface area contributed by atoms with Gasteiger partial charge in [0.15, 0.2) is 0 Å². The lowest BCUT2D eigenvalue weighted by atomic mass is 10.2. The van der Waals surface area contributed by atoms with Gasteiger partial charge in [0.1, 0.15) is 5.69 Å². The zero-order chi connectivity index (χ0) is 13.7. The van der Waals surface area contributed by atoms with Crippen molar-refractivity contribution in [2.75, 3.05) is 14.2 Å². The Hall–Kier alpha value is -2.64. The molecule has 0 fully saturated rings. The summed E-state index contributed by atoms with van der Waals surface area (Å²) in [5.74, 6) is -1.69. The number of aliphatic hydroxyl groups is 1. The summed E-state index contributed by atoms with van der Waals surface area (Å²) in [6.45, 7) is 0. The van der Waals surface area contributed by atoms with Crippen LogP contribution in [-0.4, -0.2) is 35.2 Å². The van der Waals surface area contributed by atoms with Gasteiger partial charge in [-0.05, 0) is 0 Å². The summed E-state index contributed by atoms with van der Waals surface area (Å²) in [6.07, 6.45) is 0.840. The van der Waals surface area contributed by atoms with E-state index < -0.39 is 16.7 Å². The average Bonchev–Trinajstić information content (AvgIpc) is 2.37. The molecule has 0 atom stereocenters. The smallest absolute Gasteiger partial charge is 0.373 e. The van der Waals surface area contributed by atoms with Crippen LogP contribution in [0.5, 0.6) is 5.88 Å². The van der Waals surface area contributed by atoms with Gasteiger partial charge >= 0.3 is 5.97 Å². The van der Waals surface area contributed by atoms with Crippen molar-refractivity contribution >= 4 is 17.7 Å². The Bertz CT molecular complexity index is 511. The number of pyridine rings is 1. The summed E-state index contributed by atoms with van der Waals surface area (Å²) in [4.78, 5) is 24.8. The highest BCUT2D eigenvalue weighted by atomic mass is 16.6. The van der Waals surface area contributed by atoms with E-state index in [1.807, 2.05) is 0 Å². The molecule has 8 nitrogen and oxygen atoms in total. The molecule has 18 heavy (non-hydrogen) atoms. The quantitative estimate of drug-likeness (QED) is 0.281. The van der Waals surface area contributed by atoms with E-state index in [4.69, 9.17) is 4.74 Å². The van der Waals surface area contributed by atoms with Crippen molar-refractivity contribution in [3.63, 3.8) is 0 Å². The normalized spacial score (nSPS) is 10.9. The molecule has 1 aromatic heterocycles. The number of esters is 1. The number of rotatable bonds is 4. The van der Waals surface area contributed by atoms with Crippen LogP contribution in [0.4, 0.5) is 5.69 Å². The summed E-state index contributed by atoms with van der Waals surface area (Å²) >= 11 is 0. The maximum Gasteiger partial charge on any atom is 0.373 e. The second kappa shape index (κ2) is 5.62. The molecule has 0 saturated heterocycles. The van der Waals surface area contributed by atoms with Gasteiger partial charge in [-0.3, -0.25) is 10.1 Å². The van der Waals surface area contributed by atoms with Gasteiger partial charge in [-0.2, -0.15) is 0 Å². The van der Waals surface area contributed by atoms with Crippen molar-refractivity contribution in [1.82, 2.24) is 4.98 Å². The Balaban J connectivity index is 3.28. The molecule has 0 amide bonds. The summed E-state index contributed by atoms with van der Waals surface area (Å²) in [5.41, 5.74) is -0.575. The van der Waals surface area contributed by atoms with E-state index in [0.717, 1.165) is 19.3 Å². The van der Waals surface area contributed by atoms with Crippen molar-refractivity contribution < 1.29 is 24.3 Å². The molecular weight excluding hydrogens is 244 g/mol. The zero-order valence-corrected chi connectivity index (χ0v) is 9.61. The molecule has 0 radical (unpaired) electrons. The van der Waals surface area contributed by atoms with Crippen LogP contribution in [-0.2, 0) is 9.53 Å². The zero-order valence-electron chi connectivity index (χ0n) is 9.61. The van der Waals surface area contributed by atoms with Gasteiger partial charge in [0.05, 0.1) is 19.1 Å². The molecule has 0 bridgehead atoms. The minimum absolute atomic E-state index is 0.115. The monoisotopic (exact) mass is 254 g/mol. The van der Waals surface area contributed by atoms with Crippen molar-refractivity contribution in [2.45, 2.75) is 0 Å². The fraction of sp³-hybridized carbons (Fsp3) is 0.200. The van der Waals surface area contributed by atoms with Crippen molar-refractivity contribution in [2.24, 2.45) is 0 Å². The molecule has 0 aliphatic heterocycles. The maximum absolute atomic E-state index is 11.0. The van der Waals surface area contributed by atoms with E-state index >= 15 is 0 Å². The molecule has 0 aliphatic rings.